The van der Waals surface area contributed by atoms with Gasteiger partial charge in [-0.05, 0) is 55.4 Å². The zero-order valence-corrected chi connectivity index (χ0v) is 21.2. The van der Waals surface area contributed by atoms with Gasteiger partial charge in [0.25, 0.3) is 6.01 Å². The van der Waals surface area contributed by atoms with Crippen molar-refractivity contribution >= 4 is 22.8 Å². The molecule has 4 heterocycles. The zero-order valence-electron chi connectivity index (χ0n) is 20.4. The Morgan fingerprint density at radius 2 is 2.03 bits per heavy atom. The molecular weight excluding hydrogens is 505 g/mol. The van der Waals surface area contributed by atoms with Crippen LogP contribution in [0.25, 0.3) is 11.2 Å². The maximum absolute atomic E-state index is 15.1. The first-order chi connectivity index (χ1) is 18.0. The summed E-state index contributed by atoms with van der Waals surface area (Å²) in [7, 11) is 0. The summed E-state index contributed by atoms with van der Waals surface area (Å²) in [4.78, 5) is 12.2. The Balaban J connectivity index is 1.16. The molecule has 6 rings (SSSR count). The summed E-state index contributed by atoms with van der Waals surface area (Å²) in [6.07, 6.45) is 0.297. The van der Waals surface area contributed by atoms with E-state index >= 15 is 4.39 Å². The molecule has 2 fully saturated rings. The molecule has 37 heavy (non-hydrogen) atoms. The van der Waals surface area contributed by atoms with Crippen molar-refractivity contribution in [3.8, 4) is 11.8 Å². The molecule has 2 N–H and O–H groups in total. The van der Waals surface area contributed by atoms with E-state index in [1.165, 1.54) is 6.07 Å². The number of pyridine rings is 1. The first-order valence-corrected chi connectivity index (χ1v) is 13.0. The zero-order chi connectivity index (χ0) is 25.5. The highest BCUT2D eigenvalue weighted by Gasteiger charge is 2.48. The molecule has 1 aromatic carbocycles. The van der Waals surface area contributed by atoms with Gasteiger partial charge in [0.1, 0.15) is 36.5 Å². The maximum Gasteiger partial charge on any atom is 0.296 e. The number of benzene rings is 1. The van der Waals surface area contributed by atoms with Gasteiger partial charge in [-0.15, -0.1) is 0 Å². The summed E-state index contributed by atoms with van der Waals surface area (Å²) < 4.78 is 43.3. The van der Waals surface area contributed by atoms with Crippen LogP contribution in [0.4, 0.5) is 4.39 Å². The number of nitrogens with one attached hydrogen (secondary N) is 1. The smallest absolute Gasteiger partial charge is 0.296 e. The van der Waals surface area contributed by atoms with Crippen LogP contribution in [0.3, 0.4) is 0 Å². The van der Waals surface area contributed by atoms with Crippen LogP contribution in [-0.2, 0) is 27.1 Å². The van der Waals surface area contributed by atoms with E-state index in [1.54, 1.807) is 6.07 Å². The SMILES string of the molecule is CCOCCOc1cc(F)c2c(c1)CCC2Cc1nc2nc(O[C@@H]3CO[C@H]4[C@@H]3OC[C@H]4O)[nH]c2cc1Cl. The Morgan fingerprint density at radius 3 is 2.89 bits per heavy atom. The lowest BCUT2D eigenvalue weighted by Gasteiger charge is -2.15. The molecule has 9 nitrogen and oxygen atoms in total. The summed E-state index contributed by atoms with van der Waals surface area (Å²) >= 11 is 6.58. The molecule has 11 heteroatoms. The molecule has 0 amide bonds. The van der Waals surface area contributed by atoms with Crippen molar-refractivity contribution in [3.63, 3.8) is 0 Å². The highest BCUT2D eigenvalue weighted by atomic mass is 35.5. The van der Waals surface area contributed by atoms with Crippen molar-refractivity contribution in [2.45, 2.75) is 56.5 Å². The third-order valence-electron chi connectivity index (χ3n) is 7.22. The van der Waals surface area contributed by atoms with Gasteiger partial charge in [-0.2, -0.15) is 4.98 Å². The molecule has 3 aliphatic rings. The van der Waals surface area contributed by atoms with Crippen molar-refractivity contribution in [2.24, 2.45) is 0 Å². The van der Waals surface area contributed by atoms with E-state index in [0.717, 1.165) is 18.4 Å². The number of nitrogens with zero attached hydrogens (tertiary/aromatic N) is 2. The summed E-state index contributed by atoms with van der Waals surface area (Å²) in [5.41, 5.74) is 3.43. The monoisotopic (exact) mass is 533 g/mol. The number of halogens is 2. The number of ether oxygens (including phenoxy) is 5. The number of aliphatic hydroxyl groups is 1. The first kappa shape index (κ1) is 24.8. The second-order valence-corrected chi connectivity index (χ2v) is 10.0. The average Bonchev–Trinajstić information content (AvgIpc) is 3.64. The highest BCUT2D eigenvalue weighted by Crippen LogP contribution is 2.40. The predicted octanol–water partition coefficient (Wildman–Crippen LogP) is 3.34. The molecule has 2 aromatic heterocycles. The Kier molecular flexibility index (Phi) is 6.93. The second kappa shape index (κ2) is 10.3. The Hall–Kier alpha value is -2.50. The van der Waals surface area contributed by atoms with Gasteiger partial charge >= 0.3 is 0 Å². The molecule has 0 radical (unpaired) electrons. The van der Waals surface area contributed by atoms with E-state index in [-0.39, 0.29) is 42.7 Å². The topological polar surface area (TPSA) is 108 Å². The van der Waals surface area contributed by atoms with Crippen LogP contribution in [-0.4, -0.2) is 77.5 Å². The third-order valence-corrected chi connectivity index (χ3v) is 7.55. The Bertz CT molecular complexity index is 1290. The second-order valence-electron chi connectivity index (χ2n) is 9.61. The molecular formula is C26H29ClFN3O6. The number of aryl methyl sites for hydroxylation is 1. The van der Waals surface area contributed by atoms with Crippen LogP contribution in [0.1, 0.15) is 36.1 Å². The molecule has 3 aromatic rings. The van der Waals surface area contributed by atoms with Crippen LogP contribution < -0.4 is 9.47 Å². The molecule has 1 unspecified atom stereocenters. The molecule has 1 aliphatic carbocycles. The lowest BCUT2D eigenvalue weighted by molar-refractivity contribution is 0.00706. The number of imidazole rings is 1. The lowest BCUT2D eigenvalue weighted by atomic mass is 9.95. The summed E-state index contributed by atoms with van der Waals surface area (Å²) in [6, 6.07) is 5.42. The predicted molar refractivity (Wildman–Crippen MR) is 132 cm³/mol. The number of aromatic nitrogens is 3. The third kappa shape index (κ3) is 4.88. The van der Waals surface area contributed by atoms with E-state index in [4.69, 9.17) is 35.3 Å². The molecule has 0 bridgehead atoms. The van der Waals surface area contributed by atoms with Gasteiger partial charge in [-0.3, -0.25) is 0 Å². The largest absolute Gasteiger partial charge is 0.491 e. The van der Waals surface area contributed by atoms with Gasteiger partial charge in [0.05, 0.1) is 36.1 Å². The van der Waals surface area contributed by atoms with Crippen LogP contribution in [0.5, 0.6) is 11.8 Å². The fourth-order valence-electron chi connectivity index (χ4n) is 5.49. The number of hydrogen-bond donors (Lipinski definition) is 2. The van der Waals surface area contributed by atoms with E-state index in [0.29, 0.717) is 66.0 Å². The summed E-state index contributed by atoms with van der Waals surface area (Å²) in [5.74, 6) is 0.216. The minimum absolute atomic E-state index is 0.0388. The van der Waals surface area contributed by atoms with Gasteiger partial charge in [-0.1, -0.05) is 11.6 Å². The normalized spacial score (nSPS) is 26.5. The van der Waals surface area contributed by atoms with Gasteiger partial charge in [-0.25, -0.2) is 9.37 Å². The van der Waals surface area contributed by atoms with Crippen molar-refractivity contribution in [2.75, 3.05) is 33.0 Å². The van der Waals surface area contributed by atoms with E-state index < -0.39 is 6.10 Å². The first-order valence-electron chi connectivity index (χ1n) is 12.7. The molecule has 0 spiro atoms. The van der Waals surface area contributed by atoms with E-state index in [1.807, 2.05) is 13.0 Å². The number of hydrogen-bond acceptors (Lipinski definition) is 8. The van der Waals surface area contributed by atoms with Gasteiger partial charge < -0.3 is 33.8 Å². The van der Waals surface area contributed by atoms with Crippen molar-refractivity contribution in [1.29, 1.82) is 0 Å². The van der Waals surface area contributed by atoms with E-state index in [2.05, 4.69) is 15.0 Å². The fourth-order valence-corrected chi connectivity index (χ4v) is 5.72. The number of fused-ring (bicyclic) bond motifs is 3. The van der Waals surface area contributed by atoms with Crippen molar-refractivity contribution < 1.29 is 33.2 Å². The van der Waals surface area contributed by atoms with Gasteiger partial charge in [0.15, 0.2) is 11.8 Å². The summed E-state index contributed by atoms with van der Waals surface area (Å²) in [5, 5.41) is 10.4. The number of aliphatic hydroxyl groups excluding tert-OH is 1. The van der Waals surface area contributed by atoms with E-state index in [9.17, 15) is 5.11 Å². The minimum Gasteiger partial charge on any atom is -0.491 e. The minimum atomic E-state index is -0.651. The molecule has 2 saturated heterocycles. The van der Waals surface area contributed by atoms with Crippen molar-refractivity contribution in [3.05, 3.63) is 45.9 Å². The quantitative estimate of drug-likeness (QED) is 0.403. The van der Waals surface area contributed by atoms with Crippen molar-refractivity contribution in [1.82, 2.24) is 15.0 Å². The number of aromatic amines is 1. The average molecular weight is 534 g/mol. The Morgan fingerprint density at radius 1 is 1.16 bits per heavy atom. The van der Waals surface area contributed by atoms with Crippen LogP contribution in [0.15, 0.2) is 18.2 Å². The fraction of sp³-hybridized carbons (Fsp3) is 0.538. The van der Waals surface area contributed by atoms with Gasteiger partial charge in [0, 0.05) is 12.7 Å². The molecule has 0 saturated carbocycles. The lowest BCUT2D eigenvalue weighted by Crippen LogP contribution is -2.34. The standard InChI is InChI=1S/C26H29ClFN3O6/c1-2-33-5-6-34-15-7-13-3-4-14(22(13)17(28)9-15)8-18-16(27)10-19-25(29-18)31-26(30-19)37-21-12-36-23-20(32)11-35-24(21)23/h7,9-10,14,20-21,23-24,32H,2-6,8,11-12H2,1H3,(H,29,30,31)/t14?,20-,21-,23-,24-/m1/s1. The maximum atomic E-state index is 15.1. The van der Waals surface area contributed by atoms with Gasteiger partial charge in [0.2, 0.25) is 0 Å². The highest BCUT2D eigenvalue weighted by molar-refractivity contribution is 6.31. The molecule has 2 aliphatic heterocycles. The number of rotatable bonds is 9. The number of H-pyrrole nitrogens is 1. The van der Waals surface area contributed by atoms with Crippen LogP contribution >= 0.6 is 11.6 Å². The van der Waals surface area contributed by atoms with Crippen LogP contribution in [0, 0.1) is 5.82 Å². The molecule has 5 atom stereocenters. The summed E-state index contributed by atoms with van der Waals surface area (Å²) in [6.45, 7) is 3.92. The van der Waals surface area contributed by atoms with Crippen LogP contribution in [0.2, 0.25) is 5.02 Å². The Labute approximate surface area is 218 Å². The molecule has 198 valence electrons.